The predicted molar refractivity (Wildman–Crippen MR) is 92.4 cm³/mol. The van der Waals surface area contributed by atoms with E-state index in [9.17, 15) is 14.4 Å². The van der Waals surface area contributed by atoms with Gasteiger partial charge in [-0.3, -0.25) is 19.1 Å². The topological polar surface area (TPSA) is 71.9 Å². The van der Waals surface area contributed by atoms with E-state index in [0.29, 0.717) is 24.1 Å². The van der Waals surface area contributed by atoms with Crippen LogP contribution in [-0.4, -0.2) is 15.3 Å². The van der Waals surface area contributed by atoms with Gasteiger partial charge in [-0.2, -0.15) is 0 Å². The van der Waals surface area contributed by atoms with Crippen LogP contribution in [0.2, 0.25) is 0 Å². The summed E-state index contributed by atoms with van der Waals surface area (Å²) >= 11 is 0. The molecule has 124 valence electrons. The zero-order chi connectivity index (χ0) is 17.1. The lowest BCUT2D eigenvalue weighted by Crippen LogP contribution is -2.38. The largest absolute Gasteiger partial charge is 0.328 e. The molecule has 0 atom stereocenters. The molecule has 0 saturated carbocycles. The van der Waals surface area contributed by atoms with Crippen LogP contribution in [0.15, 0.2) is 52.1 Å². The summed E-state index contributed by atoms with van der Waals surface area (Å²) in [5.41, 5.74) is 0.0974. The van der Waals surface area contributed by atoms with Crippen molar-refractivity contribution in [1.82, 2.24) is 9.55 Å². The number of benzene rings is 1. The van der Waals surface area contributed by atoms with Crippen LogP contribution in [0, 0.1) is 5.92 Å². The number of hydrogen-bond acceptors (Lipinski definition) is 3. The number of rotatable bonds is 5. The maximum Gasteiger partial charge on any atom is 0.328 e. The van der Waals surface area contributed by atoms with Gasteiger partial charge in [-0.1, -0.05) is 49.4 Å². The summed E-state index contributed by atoms with van der Waals surface area (Å²) in [6.07, 6.45) is 6.33. The third-order valence-electron chi connectivity index (χ3n) is 4.45. The fourth-order valence-corrected chi connectivity index (χ4v) is 3.18. The molecule has 1 aliphatic rings. The van der Waals surface area contributed by atoms with Gasteiger partial charge in [-0.05, 0) is 25.2 Å². The van der Waals surface area contributed by atoms with Crippen LogP contribution in [-0.2, 0) is 13.0 Å². The van der Waals surface area contributed by atoms with E-state index in [0.717, 1.165) is 12.8 Å². The Morgan fingerprint density at radius 1 is 1.17 bits per heavy atom. The number of nitrogens with one attached hydrogen (secondary N) is 1. The first-order chi connectivity index (χ1) is 11.6. The zero-order valence-electron chi connectivity index (χ0n) is 13.6. The predicted octanol–water partition coefficient (Wildman–Crippen LogP) is 2.30. The van der Waals surface area contributed by atoms with Crippen molar-refractivity contribution in [3.05, 3.63) is 80.1 Å². The second kappa shape index (κ2) is 6.83. The summed E-state index contributed by atoms with van der Waals surface area (Å²) in [5.74, 6) is 0.00207. The molecule has 24 heavy (non-hydrogen) atoms. The quantitative estimate of drug-likeness (QED) is 0.677. The van der Waals surface area contributed by atoms with Crippen LogP contribution < -0.4 is 11.2 Å². The van der Waals surface area contributed by atoms with Crippen molar-refractivity contribution in [1.29, 1.82) is 0 Å². The van der Waals surface area contributed by atoms with Gasteiger partial charge in [0.2, 0.25) is 5.78 Å². The summed E-state index contributed by atoms with van der Waals surface area (Å²) in [6, 6.07) is 8.78. The Balaban J connectivity index is 2.15. The molecule has 0 unspecified atom stereocenters. The Bertz CT molecular complexity index is 883. The van der Waals surface area contributed by atoms with Crippen LogP contribution in [0.5, 0.6) is 0 Å². The van der Waals surface area contributed by atoms with Crippen LogP contribution >= 0.6 is 0 Å². The first-order valence-corrected chi connectivity index (χ1v) is 8.22. The van der Waals surface area contributed by atoms with Gasteiger partial charge in [-0.25, -0.2) is 4.79 Å². The van der Waals surface area contributed by atoms with Gasteiger partial charge in [0.25, 0.3) is 5.56 Å². The van der Waals surface area contributed by atoms with Gasteiger partial charge in [0, 0.05) is 17.7 Å². The van der Waals surface area contributed by atoms with E-state index in [1.54, 1.807) is 24.3 Å². The lowest BCUT2D eigenvalue weighted by molar-refractivity contribution is 0.102. The highest BCUT2D eigenvalue weighted by molar-refractivity contribution is 6.08. The van der Waals surface area contributed by atoms with Gasteiger partial charge in [0.05, 0.1) is 0 Å². The SMILES string of the molecule is CCc1c(C(=O)c2ccccc2)n(CC2CC=CC2)c(=O)[nH]c1=O. The summed E-state index contributed by atoms with van der Waals surface area (Å²) in [6.45, 7) is 2.25. The van der Waals surface area contributed by atoms with E-state index in [1.165, 1.54) is 4.57 Å². The van der Waals surface area contributed by atoms with Crippen molar-refractivity contribution in [2.45, 2.75) is 32.7 Å². The third kappa shape index (κ3) is 3.02. The summed E-state index contributed by atoms with van der Waals surface area (Å²) in [7, 11) is 0. The van der Waals surface area contributed by atoms with Crippen LogP contribution in [0.25, 0.3) is 0 Å². The van der Waals surface area contributed by atoms with E-state index in [4.69, 9.17) is 0 Å². The minimum Gasteiger partial charge on any atom is -0.290 e. The van der Waals surface area contributed by atoms with Crippen LogP contribution in [0.1, 0.15) is 41.4 Å². The molecule has 1 N–H and O–H groups in total. The first kappa shape index (κ1) is 16.2. The van der Waals surface area contributed by atoms with Crippen molar-refractivity contribution in [3.63, 3.8) is 0 Å². The van der Waals surface area contributed by atoms with E-state index < -0.39 is 11.2 Å². The summed E-state index contributed by atoms with van der Waals surface area (Å²) in [5, 5.41) is 0. The Hall–Kier alpha value is -2.69. The zero-order valence-corrected chi connectivity index (χ0v) is 13.6. The molecular formula is C19H20N2O3. The Labute approximate surface area is 139 Å². The molecule has 5 nitrogen and oxygen atoms in total. The number of aromatic amines is 1. The highest BCUT2D eigenvalue weighted by atomic mass is 16.2. The number of aromatic nitrogens is 2. The minimum absolute atomic E-state index is 0.226. The van der Waals surface area contributed by atoms with E-state index >= 15 is 0 Å². The molecule has 0 saturated heterocycles. The molecule has 1 aliphatic carbocycles. The van der Waals surface area contributed by atoms with Gasteiger partial charge in [0.15, 0.2) is 0 Å². The number of carbonyl (C=O) groups is 1. The van der Waals surface area contributed by atoms with Crippen molar-refractivity contribution in [2.24, 2.45) is 5.92 Å². The van der Waals surface area contributed by atoms with Crippen molar-refractivity contribution < 1.29 is 4.79 Å². The Morgan fingerprint density at radius 3 is 2.46 bits per heavy atom. The minimum atomic E-state index is -0.511. The number of hydrogen-bond donors (Lipinski definition) is 1. The van der Waals surface area contributed by atoms with Gasteiger partial charge >= 0.3 is 5.69 Å². The third-order valence-corrected chi connectivity index (χ3v) is 4.45. The van der Waals surface area contributed by atoms with Gasteiger partial charge in [-0.15, -0.1) is 0 Å². The first-order valence-electron chi connectivity index (χ1n) is 8.22. The fraction of sp³-hybridized carbons (Fsp3) is 0.316. The lowest BCUT2D eigenvalue weighted by Gasteiger charge is -2.18. The van der Waals surface area contributed by atoms with Crippen molar-refractivity contribution in [3.8, 4) is 0 Å². The molecule has 0 radical (unpaired) electrons. The average Bonchev–Trinajstić information content (AvgIpc) is 3.10. The molecule has 3 rings (SSSR count). The number of allylic oxidation sites excluding steroid dienone is 2. The molecule has 2 aromatic rings. The molecule has 0 fully saturated rings. The lowest BCUT2D eigenvalue weighted by atomic mass is 10.0. The fourth-order valence-electron chi connectivity index (χ4n) is 3.18. The number of ketones is 1. The molecule has 5 heteroatoms. The van der Waals surface area contributed by atoms with Crippen LogP contribution in [0.3, 0.4) is 0 Å². The molecular weight excluding hydrogens is 304 g/mol. The smallest absolute Gasteiger partial charge is 0.290 e. The normalized spacial score (nSPS) is 14.2. The van der Waals surface area contributed by atoms with E-state index in [-0.39, 0.29) is 17.4 Å². The molecule has 0 bridgehead atoms. The molecule has 0 amide bonds. The molecule has 0 spiro atoms. The monoisotopic (exact) mass is 324 g/mol. The molecule has 0 aliphatic heterocycles. The second-order valence-corrected chi connectivity index (χ2v) is 6.05. The molecule has 1 heterocycles. The standard InChI is InChI=1S/C19H20N2O3/c1-2-15-16(17(22)14-10-4-3-5-11-14)21(19(24)20-18(15)23)12-13-8-6-7-9-13/h3-7,10-11,13H,2,8-9,12H2,1H3,(H,20,23,24). The average molecular weight is 324 g/mol. The van der Waals surface area contributed by atoms with Gasteiger partial charge < -0.3 is 0 Å². The molecule has 1 aromatic heterocycles. The highest BCUT2D eigenvalue weighted by Crippen LogP contribution is 2.21. The van der Waals surface area contributed by atoms with E-state index in [1.807, 2.05) is 13.0 Å². The Morgan fingerprint density at radius 2 is 1.83 bits per heavy atom. The van der Waals surface area contributed by atoms with Crippen molar-refractivity contribution in [2.75, 3.05) is 0 Å². The maximum absolute atomic E-state index is 13.0. The number of H-pyrrole nitrogens is 1. The van der Waals surface area contributed by atoms with Gasteiger partial charge in [0.1, 0.15) is 5.69 Å². The maximum atomic E-state index is 13.0. The van der Waals surface area contributed by atoms with E-state index in [2.05, 4.69) is 17.1 Å². The summed E-state index contributed by atoms with van der Waals surface area (Å²) < 4.78 is 1.45. The van der Waals surface area contributed by atoms with Crippen LogP contribution in [0.4, 0.5) is 0 Å². The Kier molecular flexibility index (Phi) is 4.60. The molecule has 1 aromatic carbocycles. The van der Waals surface area contributed by atoms with Crippen molar-refractivity contribution >= 4 is 5.78 Å². The summed E-state index contributed by atoms with van der Waals surface area (Å²) in [4.78, 5) is 39.9. The second-order valence-electron chi connectivity index (χ2n) is 6.05. The number of carbonyl (C=O) groups excluding carboxylic acids is 1. The number of nitrogens with zero attached hydrogens (tertiary/aromatic N) is 1. The highest BCUT2D eigenvalue weighted by Gasteiger charge is 2.23.